The summed E-state index contributed by atoms with van der Waals surface area (Å²) in [5.41, 5.74) is 0.999. The Kier molecular flexibility index (Phi) is 3.79. The van der Waals surface area contributed by atoms with E-state index >= 15 is 0 Å². The Bertz CT molecular complexity index is 453. The first kappa shape index (κ1) is 12.8. The van der Waals surface area contributed by atoms with Crippen molar-refractivity contribution >= 4 is 11.8 Å². The molecule has 1 aliphatic heterocycles. The van der Waals surface area contributed by atoms with Gasteiger partial charge in [0.25, 0.3) is 0 Å². The number of piperidine rings is 1. The molecular weight excluding hydrogens is 230 g/mol. The molecule has 1 saturated heterocycles. The minimum atomic E-state index is -0.179. The van der Waals surface area contributed by atoms with Crippen LogP contribution in [-0.4, -0.2) is 21.6 Å². The molecular formula is C13H19N3O2. The van der Waals surface area contributed by atoms with E-state index in [1.165, 1.54) is 0 Å². The largest absolute Gasteiger partial charge is 0.296 e. The molecule has 0 radical (unpaired) electrons. The van der Waals surface area contributed by atoms with Crippen molar-refractivity contribution in [1.82, 2.24) is 15.1 Å². The SMILES string of the molecule is CCCC1C(=O)NC(=O)CC1c1cnn(CC)c1. The number of hydrogen-bond donors (Lipinski definition) is 1. The van der Waals surface area contributed by atoms with Crippen molar-refractivity contribution in [2.24, 2.45) is 5.92 Å². The molecule has 0 bridgehead atoms. The van der Waals surface area contributed by atoms with Gasteiger partial charge in [0.05, 0.1) is 6.20 Å². The molecule has 5 heteroatoms. The lowest BCUT2D eigenvalue weighted by molar-refractivity contribution is -0.137. The molecule has 1 aliphatic rings. The number of amides is 2. The van der Waals surface area contributed by atoms with Gasteiger partial charge >= 0.3 is 0 Å². The van der Waals surface area contributed by atoms with Gasteiger partial charge in [-0.1, -0.05) is 13.3 Å². The van der Waals surface area contributed by atoms with Crippen molar-refractivity contribution in [1.29, 1.82) is 0 Å². The van der Waals surface area contributed by atoms with Crippen LogP contribution in [0.2, 0.25) is 0 Å². The van der Waals surface area contributed by atoms with Crippen LogP contribution in [-0.2, 0) is 16.1 Å². The molecule has 2 unspecified atom stereocenters. The van der Waals surface area contributed by atoms with E-state index < -0.39 is 0 Å². The summed E-state index contributed by atoms with van der Waals surface area (Å²) in [7, 11) is 0. The molecule has 5 nitrogen and oxygen atoms in total. The second kappa shape index (κ2) is 5.33. The van der Waals surface area contributed by atoms with Gasteiger partial charge in [-0.2, -0.15) is 5.10 Å². The zero-order valence-corrected chi connectivity index (χ0v) is 10.8. The van der Waals surface area contributed by atoms with Gasteiger partial charge in [-0.3, -0.25) is 19.6 Å². The van der Waals surface area contributed by atoms with Gasteiger partial charge in [0.15, 0.2) is 0 Å². The van der Waals surface area contributed by atoms with Gasteiger partial charge in [0, 0.05) is 31.0 Å². The number of rotatable bonds is 4. The first-order valence-corrected chi connectivity index (χ1v) is 6.51. The van der Waals surface area contributed by atoms with Crippen LogP contribution in [0.25, 0.3) is 0 Å². The molecule has 2 amide bonds. The van der Waals surface area contributed by atoms with Crippen molar-refractivity contribution in [3.05, 3.63) is 18.0 Å². The third kappa shape index (κ3) is 2.44. The number of carbonyl (C=O) groups excluding carboxylic acids is 2. The summed E-state index contributed by atoms with van der Waals surface area (Å²) in [4.78, 5) is 23.4. The van der Waals surface area contributed by atoms with Gasteiger partial charge in [0.2, 0.25) is 11.8 Å². The van der Waals surface area contributed by atoms with Crippen LogP contribution < -0.4 is 5.32 Å². The van der Waals surface area contributed by atoms with Gasteiger partial charge in [-0.25, -0.2) is 0 Å². The summed E-state index contributed by atoms with van der Waals surface area (Å²) in [6.45, 7) is 4.86. The van der Waals surface area contributed by atoms with Gasteiger partial charge in [0.1, 0.15) is 0 Å². The highest BCUT2D eigenvalue weighted by molar-refractivity contribution is 5.99. The molecule has 1 aromatic rings. The number of aryl methyl sites for hydroxylation is 1. The summed E-state index contributed by atoms with van der Waals surface area (Å²) >= 11 is 0. The van der Waals surface area contributed by atoms with Gasteiger partial charge < -0.3 is 0 Å². The molecule has 0 aliphatic carbocycles. The molecule has 2 atom stereocenters. The van der Waals surface area contributed by atoms with E-state index in [4.69, 9.17) is 0 Å². The summed E-state index contributed by atoms with van der Waals surface area (Å²) in [6, 6.07) is 0. The minimum absolute atomic E-state index is 0.0218. The van der Waals surface area contributed by atoms with Gasteiger partial charge in [-0.15, -0.1) is 0 Å². The standard InChI is InChI=1S/C13H19N3O2/c1-3-5-10-11(6-12(17)15-13(10)18)9-7-14-16(4-2)8-9/h7-8,10-11H,3-6H2,1-2H3,(H,15,17,18). The first-order valence-electron chi connectivity index (χ1n) is 6.51. The van der Waals surface area contributed by atoms with Crippen LogP contribution in [0.5, 0.6) is 0 Å². The second-order valence-corrected chi connectivity index (χ2v) is 4.75. The fraction of sp³-hybridized carbons (Fsp3) is 0.615. The summed E-state index contributed by atoms with van der Waals surface area (Å²) in [5, 5.41) is 6.66. The number of hydrogen-bond acceptors (Lipinski definition) is 3. The number of nitrogens with zero attached hydrogens (tertiary/aromatic N) is 2. The summed E-state index contributed by atoms with van der Waals surface area (Å²) < 4.78 is 1.83. The first-order chi connectivity index (χ1) is 8.65. The Morgan fingerprint density at radius 1 is 1.44 bits per heavy atom. The van der Waals surface area contributed by atoms with Crippen LogP contribution in [0.4, 0.5) is 0 Å². The zero-order valence-electron chi connectivity index (χ0n) is 10.8. The predicted octanol–water partition coefficient (Wildman–Crippen LogP) is 1.45. The predicted molar refractivity (Wildman–Crippen MR) is 66.8 cm³/mol. The average molecular weight is 249 g/mol. The Morgan fingerprint density at radius 2 is 2.22 bits per heavy atom. The number of aromatic nitrogens is 2. The van der Waals surface area contributed by atoms with E-state index in [2.05, 4.69) is 17.3 Å². The topological polar surface area (TPSA) is 64.0 Å². The van der Waals surface area contributed by atoms with Crippen LogP contribution >= 0.6 is 0 Å². The fourth-order valence-corrected chi connectivity index (χ4v) is 2.54. The zero-order chi connectivity index (χ0) is 13.1. The van der Waals surface area contributed by atoms with Crippen molar-refractivity contribution < 1.29 is 9.59 Å². The van der Waals surface area contributed by atoms with E-state index in [0.29, 0.717) is 6.42 Å². The third-order valence-corrected chi connectivity index (χ3v) is 3.50. The lowest BCUT2D eigenvalue weighted by Crippen LogP contribution is -2.44. The summed E-state index contributed by atoms with van der Waals surface area (Å²) in [6.07, 6.45) is 5.85. The molecule has 0 saturated carbocycles. The molecule has 2 heterocycles. The molecule has 2 rings (SSSR count). The maximum atomic E-state index is 11.9. The van der Waals surface area contributed by atoms with Crippen molar-refractivity contribution in [3.8, 4) is 0 Å². The Labute approximate surface area is 107 Å². The number of carbonyl (C=O) groups is 2. The molecule has 98 valence electrons. The second-order valence-electron chi connectivity index (χ2n) is 4.75. The number of imide groups is 1. The highest BCUT2D eigenvalue weighted by Gasteiger charge is 2.36. The molecule has 0 aromatic carbocycles. The van der Waals surface area contributed by atoms with E-state index in [1.807, 2.05) is 17.8 Å². The third-order valence-electron chi connectivity index (χ3n) is 3.50. The molecule has 18 heavy (non-hydrogen) atoms. The van der Waals surface area contributed by atoms with Crippen LogP contribution in [0.1, 0.15) is 44.6 Å². The molecule has 1 fully saturated rings. The van der Waals surface area contributed by atoms with Crippen molar-refractivity contribution in [2.75, 3.05) is 0 Å². The van der Waals surface area contributed by atoms with Crippen molar-refractivity contribution in [2.45, 2.75) is 45.6 Å². The maximum absolute atomic E-state index is 11.9. The fourth-order valence-electron chi connectivity index (χ4n) is 2.54. The average Bonchev–Trinajstić information content (AvgIpc) is 2.81. The van der Waals surface area contributed by atoms with Crippen molar-refractivity contribution in [3.63, 3.8) is 0 Å². The Morgan fingerprint density at radius 3 is 2.83 bits per heavy atom. The monoisotopic (exact) mass is 249 g/mol. The molecule has 0 spiro atoms. The highest BCUT2D eigenvalue weighted by atomic mass is 16.2. The highest BCUT2D eigenvalue weighted by Crippen LogP contribution is 2.33. The number of nitrogens with one attached hydrogen (secondary N) is 1. The van der Waals surface area contributed by atoms with Crippen LogP contribution in [0, 0.1) is 5.92 Å². The van der Waals surface area contributed by atoms with E-state index in [0.717, 1.165) is 24.9 Å². The minimum Gasteiger partial charge on any atom is -0.296 e. The van der Waals surface area contributed by atoms with Gasteiger partial charge in [-0.05, 0) is 18.9 Å². The Balaban J connectivity index is 2.25. The van der Waals surface area contributed by atoms with E-state index in [-0.39, 0.29) is 23.7 Å². The Hall–Kier alpha value is -1.65. The smallest absolute Gasteiger partial charge is 0.230 e. The van der Waals surface area contributed by atoms with Crippen LogP contribution in [0.15, 0.2) is 12.4 Å². The quantitative estimate of drug-likeness (QED) is 0.821. The lowest BCUT2D eigenvalue weighted by Gasteiger charge is -2.29. The summed E-state index contributed by atoms with van der Waals surface area (Å²) in [5.74, 6) is -0.447. The van der Waals surface area contributed by atoms with E-state index in [9.17, 15) is 9.59 Å². The maximum Gasteiger partial charge on any atom is 0.230 e. The van der Waals surface area contributed by atoms with Crippen LogP contribution in [0.3, 0.4) is 0 Å². The molecule has 1 aromatic heterocycles. The lowest BCUT2D eigenvalue weighted by atomic mass is 9.79. The van der Waals surface area contributed by atoms with E-state index in [1.54, 1.807) is 6.20 Å². The molecule has 1 N–H and O–H groups in total. The normalized spacial score (nSPS) is 24.1.